The summed E-state index contributed by atoms with van der Waals surface area (Å²) in [5.74, 6) is -0.463. The summed E-state index contributed by atoms with van der Waals surface area (Å²) in [6.07, 6.45) is 39.2. The molecule has 61 heavy (non-hydrogen) atoms. The van der Waals surface area contributed by atoms with E-state index < -0.39 is 24.4 Å². The minimum Gasteiger partial charge on any atom is -0.463 e. The lowest BCUT2D eigenvalue weighted by Gasteiger charge is -2.29. The summed E-state index contributed by atoms with van der Waals surface area (Å²) in [7, 11) is 0. The number of rotatable bonds is 46. The van der Waals surface area contributed by atoms with Gasteiger partial charge in [-0.25, -0.2) is 0 Å². The first-order chi connectivity index (χ1) is 30.1. The van der Waals surface area contributed by atoms with Crippen molar-refractivity contribution in [3.05, 3.63) is 24.3 Å². The molecule has 1 rings (SSSR count). The molecule has 0 amide bonds. The molecule has 0 saturated carbocycles. The van der Waals surface area contributed by atoms with E-state index in [0.29, 0.717) is 12.8 Å². The summed E-state index contributed by atoms with van der Waals surface area (Å²) in [6.45, 7) is 5.27. The molecule has 1 fully saturated rings. The van der Waals surface area contributed by atoms with Crippen LogP contribution >= 0.6 is 0 Å². The average molecular weight is 869 g/mol. The summed E-state index contributed by atoms with van der Waals surface area (Å²) in [5.41, 5.74) is 0. The Morgan fingerprint density at radius 1 is 0.541 bits per heavy atom. The van der Waals surface area contributed by atoms with Crippen LogP contribution < -0.4 is 0 Å². The van der Waals surface area contributed by atoms with E-state index in [4.69, 9.17) is 33.2 Å². The molecule has 1 saturated heterocycles. The van der Waals surface area contributed by atoms with Crippen LogP contribution in [0.25, 0.3) is 0 Å². The molecule has 0 aliphatic carbocycles. The Labute approximate surface area is 372 Å². The zero-order valence-electron chi connectivity index (χ0n) is 39.1. The van der Waals surface area contributed by atoms with E-state index in [-0.39, 0.29) is 78.0 Å². The third-order valence-corrected chi connectivity index (χ3v) is 11.1. The van der Waals surface area contributed by atoms with Crippen molar-refractivity contribution in [3.63, 3.8) is 0 Å². The van der Waals surface area contributed by atoms with Gasteiger partial charge in [0.15, 0.2) is 0 Å². The van der Waals surface area contributed by atoms with E-state index in [0.717, 1.165) is 51.4 Å². The smallest absolute Gasteiger partial charge is 0.305 e. The second-order valence-electron chi connectivity index (χ2n) is 16.6. The molecule has 11 nitrogen and oxygen atoms in total. The number of hydrogen-bond donors (Lipinski definition) is 2. The number of carbonyl (C=O) groups excluding carboxylic acids is 2. The van der Waals surface area contributed by atoms with Gasteiger partial charge >= 0.3 is 11.9 Å². The van der Waals surface area contributed by atoms with Crippen LogP contribution in [0.3, 0.4) is 0 Å². The summed E-state index contributed by atoms with van der Waals surface area (Å²) in [5, 5.41) is 18.7. The number of aliphatic hydroxyl groups is 2. The number of ether oxygens (including phenoxy) is 7. The Balaban J connectivity index is 2.30. The minimum absolute atomic E-state index is 0.0811. The Hall–Kier alpha value is -1.86. The third kappa shape index (κ3) is 35.2. The fourth-order valence-corrected chi connectivity index (χ4v) is 7.50. The van der Waals surface area contributed by atoms with E-state index in [9.17, 15) is 19.8 Å². The van der Waals surface area contributed by atoms with E-state index >= 15 is 0 Å². The van der Waals surface area contributed by atoms with Gasteiger partial charge in [0, 0.05) is 12.8 Å². The molecule has 11 heteroatoms. The molecule has 0 bridgehead atoms. The van der Waals surface area contributed by atoms with Crippen LogP contribution in [0.4, 0.5) is 0 Å². The van der Waals surface area contributed by atoms with Crippen LogP contribution in [0.2, 0.25) is 0 Å². The maximum atomic E-state index is 12.4. The molecule has 2 N–H and O–H groups in total. The highest BCUT2D eigenvalue weighted by molar-refractivity contribution is 5.69. The van der Waals surface area contributed by atoms with Crippen molar-refractivity contribution in [1.29, 1.82) is 0 Å². The maximum Gasteiger partial charge on any atom is 0.305 e. The zero-order chi connectivity index (χ0) is 44.1. The first kappa shape index (κ1) is 57.2. The summed E-state index contributed by atoms with van der Waals surface area (Å²) < 4.78 is 40.6. The minimum atomic E-state index is -0.609. The number of hydrogen-bond acceptors (Lipinski definition) is 11. The van der Waals surface area contributed by atoms with E-state index in [1.165, 1.54) is 116 Å². The first-order valence-corrected chi connectivity index (χ1v) is 24.9. The molecule has 0 aromatic heterocycles. The SMILES string of the molecule is CCCCCCCC/C=C/CCCCCCCC(=O)OCCOCC(OCCOC(=O)CCCCCCC/C=C/CCCCCCCC)[C@H]1OC[C@@H](OCCO)[C@@H]1OCCO. The summed E-state index contributed by atoms with van der Waals surface area (Å²) in [6, 6.07) is 0. The van der Waals surface area contributed by atoms with Crippen LogP contribution in [0.1, 0.15) is 194 Å². The highest BCUT2D eigenvalue weighted by atomic mass is 16.6. The monoisotopic (exact) mass is 869 g/mol. The Morgan fingerprint density at radius 2 is 0.967 bits per heavy atom. The summed E-state index contributed by atoms with van der Waals surface area (Å²) in [4.78, 5) is 24.8. The van der Waals surface area contributed by atoms with Gasteiger partial charge in [0.2, 0.25) is 0 Å². The molecule has 1 aliphatic heterocycles. The van der Waals surface area contributed by atoms with Crippen molar-refractivity contribution < 1.29 is 53.0 Å². The van der Waals surface area contributed by atoms with E-state index in [1.54, 1.807) is 0 Å². The van der Waals surface area contributed by atoms with Crippen LogP contribution in [0, 0.1) is 0 Å². The van der Waals surface area contributed by atoms with Gasteiger partial charge in [-0.05, 0) is 64.2 Å². The number of carbonyl (C=O) groups is 2. The molecular weight excluding hydrogens is 777 g/mol. The van der Waals surface area contributed by atoms with Crippen molar-refractivity contribution in [2.45, 2.75) is 218 Å². The molecule has 0 aromatic rings. The Bertz CT molecular complexity index is 1020. The topological polar surface area (TPSA) is 139 Å². The fourth-order valence-electron chi connectivity index (χ4n) is 7.50. The number of esters is 2. The molecule has 358 valence electrons. The van der Waals surface area contributed by atoms with Gasteiger partial charge in [0.05, 0.1) is 52.9 Å². The van der Waals surface area contributed by atoms with E-state index in [1.807, 2.05) is 0 Å². The Kier molecular flexibility index (Phi) is 41.9. The normalized spacial score (nSPS) is 17.2. The predicted octanol–water partition coefficient (Wildman–Crippen LogP) is 10.7. The lowest BCUT2D eigenvalue weighted by atomic mass is 10.1. The van der Waals surface area contributed by atoms with Crippen LogP contribution in [0.15, 0.2) is 24.3 Å². The zero-order valence-corrected chi connectivity index (χ0v) is 39.1. The average Bonchev–Trinajstić information content (AvgIpc) is 3.67. The standard InChI is InChI=1S/C50H92O11/c1-3-5-7-9-11-13-15-17-19-21-23-25-27-29-31-33-47(53)58-40-39-55-43-45(50-49(60-38-36-52)46(44-61-50)56-37-35-51)57-41-42-59-48(54)34-32-30-28-26-24-22-20-18-16-14-12-10-8-6-4-2/h17-20,45-46,49-52H,3-16,21-44H2,1-2H3/b19-17+,20-18+/t45?,46-,49+,50-/m1/s1. The molecule has 1 heterocycles. The molecular formula is C50H92O11. The van der Waals surface area contributed by atoms with Gasteiger partial charge in [-0.1, -0.05) is 141 Å². The molecule has 1 unspecified atom stereocenters. The highest BCUT2D eigenvalue weighted by Gasteiger charge is 2.44. The number of unbranched alkanes of at least 4 members (excludes halogenated alkanes) is 22. The first-order valence-electron chi connectivity index (χ1n) is 24.9. The predicted molar refractivity (Wildman–Crippen MR) is 245 cm³/mol. The van der Waals surface area contributed by atoms with Gasteiger partial charge in [-0.3, -0.25) is 9.59 Å². The fraction of sp³-hybridized carbons (Fsp3) is 0.880. The lowest BCUT2D eigenvalue weighted by molar-refractivity contribution is -0.155. The third-order valence-electron chi connectivity index (χ3n) is 11.1. The molecule has 0 spiro atoms. The summed E-state index contributed by atoms with van der Waals surface area (Å²) >= 11 is 0. The second kappa shape index (κ2) is 44.7. The second-order valence-corrected chi connectivity index (χ2v) is 16.6. The molecule has 0 radical (unpaired) electrons. The Morgan fingerprint density at radius 3 is 1.44 bits per heavy atom. The molecule has 1 aliphatic rings. The van der Waals surface area contributed by atoms with Crippen molar-refractivity contribution in [2.75, 3.05) is 66.1 Å². The van der Waals surface area contributed by atoms with Crippen LogP contribution in [-0.4, -0.2) is 113 Å². The largest absolute Gasteiger partial charge is 0.463 e. The number of allylic oxidation sites excluding steroid dienone is 4. The van der Waals surface area contributed by atoms with Crippen molar-refractivity contribution in [1.82, 2.24) is 0 Å². The van der Waals surface area contributed by atoms with E-state index in [2.05, 4.69) is 38.2 Å². The van der Waals surface area contributed by atoms with Crippen LogP contribution in [0.5, 0.6) is 0 Å². The van der Waals surface area contributed by atoms with Crippen LogP contribution in [-0.2, 0) is 42.7 Å². The quantitative estimate of drug-likeness (QED) is 0.0343. The van der Waals surface area contributed by atoms with Crippen molar-refractivity contribution in [3.8, 4) is 0 Å². The van der Waals surface area contributed by atoms with Crippen molar-refractivity contribution >= 4 is 11.9 Å². The highest BCUT2D eigenvalue weighted by Crippen LogP contribution is 2.25. The molecule has 4 atom stereocenters. The number of aliphatic hydroxyl groups excluding tert-OH is 2. The maximum absolute atomic E-state index is 12.4. The lowest BCUT2D eigenvalue weighted by Crippen LogP contribution is -2.45. The van der Waals surface area contributed by atoms with Gasteiger partial charge in [0.1, 0.15) is 37.6 Å². The molecule has 0 aromatic carbocycles. The van der Waals surface area contributed by atoms with Gasteiger partial charge < -0.3 is 43.4 Å². The van der Waals surface area contributed by atoms with Gasteiger partial charge in [-0.2, -0.15) is 0 Å². The van der Waals surface area contributed by atoms with Crippen molar-refractivity contribution in [2.24, 2.45) is 0 Å². The van der Waals surface area contributed by atoms with Gasteiger partial charge in [0.25, 0.3) is 0 Å². The van der Waals surface area contributed by atoms with Gasteiger partial charge in [-0.15, -0.1) is 0 Å².